The average Bonchev–Trinajstić information content (AvgIpc) is 2.30. The maximum Gasteiger partial charge on any atom is 0.161 e. The minimum atomic E-state index is -0.0810. The van der Waals surface area contributed by atoms with E-state index in [0.29, 0.717) is 6.42 Å². The van der Waals surface area contributed by atoms with Gasteiger partial charge in [-0.2, -0.15) is 0 Å². The first kappa shape index (κ1) is 8.72. The molecule has 1 aliphatic heterocycles. The van der Waals surface area contributed by atoms with Gasteiger partial charge in [0.05, 0.1) is 0 Å². The lowest BCUT2D eigenvalue weighted by atomic mass is 10.1. The van der Waals surface area contributed by atoms with Crippen LogP contribution in [0.5, 0.6) is 0 Å². The molecule has 1 unspecified atom stereocenters. The Hall–Kier alpha value is -0.370. The highest BCUT2D eigenvalue weighted by Crippen LogP contribution is 2.14. The summed E-state index contributed by atoms with van der Waals surface area (Å²) in [5, 5.41) is 0. The number of carbonyl (C=O) groups excluding carboxylic acids is 1. The van der Waals surface area contributed by atoms with E-state index in [2.05, 4.69) is 0 Å². The van der Waals surface area contributed by atoms with E-state index in [1.165, 1.54) is 6.42 Å². The molecule has 2 heteroatoms. The zero-order chi connectivity index (χ0) is 8.10. The molecule has 0 bridgehead atoms. The Labute approximate surface area is 67.9 Å². The van der Waals surface area contributed by atoms with Crippen LogP contribution in [-0.2, 0) is 9.53 Å². The zero-order valence-electron chi connectivity index (χ0n) is 7.14. The summed E-state index contributed by atoms with van der Waals surface area (Å²) in [6.07, 6.45) is 4.96. The Morgan fingerprint density at radius 3 is 3.00 bits per heavy atom. The number of hydrogen-bond donors (Lipinski definition) is 0. The lowest BCUT2D eigenvalue weighted by Crippen LogP contribution is -2.22. The van der Waals surface area contributed by atoms with Crippen LogP contribution in [0.1, 0.15) is 39.0 Å². The number of ether oxygens (including phenoxy) is 1. The molecule has 0 aromatic rings. The van der Waals surface area contributed by atoms with Crippen LogP contribution in [0.15, 0.2) is 0 Å². The topological polar surface area (TPSA) is 26.3 Å². The van der Waals surface area contributed by atoms with Crippen molar-refractivity contribution in [3.63, 3.8) is 0 Å². The molecule has 2 nitrogen and oxygen atoms in total. The van der Waals surface area contributed by atoms with Crippen LogP contribution in [-0.4, -0.2) is 18.5 Å². The van der Waals surface area contributed by atoms with Gasteiger partial charge in [0, 0.05) is 13.0 Å². The fraction of sp³-hybridized carbons (Fsp3) is 0.889. The Morgan fingerprint density at radius 1 is 1.45 bits per heavy atom. The molecule has 0 aliphatic carbocycles. The summed E-state index contributed by atoms with van der Waals surface area (Å²) in [6, 6.07) is 0. The SMILES string of the molecule is CCC(=O)C1CCCCCO1. The van der Waals surface area contributed by atoms with Crippen LogP contribution in [0.4, 0.5) is 0 Å². The fourth-order valence-electron chi connectivity index (χ4n) is 1.40. The second-order valence-corrected chi connectivity index (χ2v) is 3.03. The molecule has 1 aliphatic rings. The third kappa shape index (κ3) is 2.62. The summed E-state index contributed by atoms with van der Waals surface area (Å²) in [5.41, 5.74) is 0. The summed E-state index contributed by atoms with van der Waals surface area (Å²) >= 11 is 0. The maximum absolute atomic E-state index is 11.2. The molecule has 11 heavy (non-hydrogen) atoms. The number of ketones is 1. The maximum atomic E-state index is 11.2. The molecule has 0 saturated carbocycles. The van der Waals surface area contributed by atoms with Gasteiger partial charge >= 0.3 is 0 Å². The van der Waals surface area contributed by atoms with Crippen LogP contribution < -0.4 is 0 Å². The predicted molar refractivity (Wildman–Crippen MR) is 43.5 cm³/mol. The molecular formula is C9H16O2. The molecule has 1 saturated heterocycles. The first-order valence-corrected chi connectivity index (χ1v) is 4.49. The minimum absolute atomic E-state index is 0.0810. The van der Waals surface area contributed by atoms with Crippen molar-refractivity contribution in [2.24, 2.45) is 0 Å². The molecule has 1 atom stereocenters. The lowest BCUT2D eigenvalue weighted by molar-refractivity contribution is -0.130. The largest absolute Gasteiger partial charge is 0.370 e. The standard InChI is InChI=1S/C9H16O2/c1-2-8(10)9-6-4-3-5-7-11-9/h9H,2-7H2,1H3. The highest BCUT2D eigenvalue weighted by Gasteiger charge is 2.18. The van der Waals surface area contributed by atoms with Gasteiger partial charge < -0.3 is 4.74 Å². The Morgan fingerprint density at radius 2 is 2.27 bits per heavy atom. The van der Waals surface area contributed by atoms with E-state index in [9.17, 15) is 4.79 Å². The molecule has 0 aromatic carbocycles. The molecule has 0 radical (unpaired) electrons. The van der Waals surface area contributed by atoms with Gasteiger partial charge in [0.2, 0.25) is 0 Å². The highest BCUT2D eigenvalue weighted by molar-refractivity contribution is 5.82. The smallest absolute Gasteiger partial charge is 0.161 e. The fourth-order valence-corrected chi connectivity index (χ4v) is 1.40. The molecule has 1 rings (SSSR count). The van der Waals surface area contributed by atoms with Crippen LogP contribution in [0.25, 0.3) is 0 Å². The summed E-state index contributed by atoms with van der Waals surface area (Å²) in [4.78, 5) is 11.2. The van der Waals surface area contributed by atoms with Crippen molar-refractivity contribution in [3.8, 4) is 0 Å². The van der Waals surface area contributed by atoms with Gasteiger partial charge in [-0.05, 0) is 12.8 Å². The Balaban J connectivity index is 2.36. The van der Waals surface area contributed by atoms with Gasteiger partial charge in [-0.3, -0.25) is 4.79 Å². The second kappa shape index (κ2) is 4.50. The van der Waals surface area contributed by atoms with Gasteiger partial charge in [-0.25, -0.2) is 0 Å². The quantitative estimate of drug-likeness (QED) is 0.610. The molecule has 0 amide bonds. The van der Waals surface area contributed by atoms with E-state index in [4.69, 9.17) is 4.74 Å². The first-order chi connectivity index (χ1) is 5.34. The molecule has 64 valence electrons. The van der Waals surface area contributed by atoms with Crippen molar-refractivity contribution in [2.75, 3.05) is 6.61 Å². The Kier molecular flexibility index (Phi) is 3.57. The summed E-state index contributed by atoms with van der Waals surface area (Å²) in [5.74, 6) is 0.270. The van der Waals surface area contributed by atoms with E-state index < -0.39 is 0 Å². The average molecular weight is 156 g/mol. The third-order valence-corrected chi connectivity index (χ3v) is 2.14. The molecule has 0 N–H and O–H groups in total. The van der Waals surface area contributed by atoms with E-state index in [1.54, 1.807) is 0 Å². The number of hydrogen-bond acceptors (Lipinski definition) is 2. The van der Waals surface area contributed by atoms with Crippen molar-refractivity contribution in [2.45, 2.75) is 45.1 Å². The van der Waals surface area contributed by atoms with Gasteiger partial charge in [0.25, 0.3) is 0 Å². The van der Waals surface area contributed by atoms with Crippen molar-refractivity contribution < 1.29 is 9.53 Å². The minimum Gasteiger partial charge on any atom is -0.370 e. The van der Waals surface area contributed by atoms with Gasteiger partial charge in [-0.15, -0.1) is 0 Å². The number of carbonyl (C=O) groups is 1. The summed E-state index contributed by atoms with van der Waals surface area (Å²) in [7, 11) is 0. The second-order valence-electron chi connectivity index (χ2n) is 3.03. The lowest BCUT2D eigenvalue weighted by Gasteiger charge is -2.11. The van der Waals surface area contributed by atoms with Gasteiger partial charge in [0.1, 0.15) is 6.10 Å². The van der Waals surface area contributed by atoms with Crippen LogP contribution in [0.3, 0.4) is 0 Å². The highest BCUT2D eigenvalue weighted by atomic mass is 16.5. The van der Waals surface area contributed by atoms with E-state index in [1.807, 2.05) is 6.92 Å². The summed E-state index contributed by atoms with van der Waals surface area (Å²) < 4.78 is 5.41. The van der Waals surface area contributed by atoms with Crippen LogP contribution in [0.2, 0.25) is 0 Å². The first-order valence-electron chi connectivity index (χ1n) is 4.49. The van der Waals surface area contributed by atoms with E-state index >= 15 is 0 Å². The third-order valence-electron chi connectivity index (χ3n) is 2.14. The monoisotopic (exact) mass is 156 g/mol. The Bertz CT molecular complexity index is 124. The number of rotatable bonds is 2. The zero-order valence-corrected chi connectivity index (χ0v) is 7.14. The van der Waals surface area contributed by atoms with E-state index in [0.717, 1.165) is 25.9 Å². The molecule has 0 spiro atoms. The van der Waals surface area contributed by atoms with E-state index in [-0.39, 0.29) is 11.9 Å². The van der Waals surface area contributed by atoms with Crippen molar-refractivity contribution in [1.29, 1.82) is 0 Å². The normalized spacial score (nSPS) is 26.1. The van der Waals surface area contributed by atoms with Gasteiger partial charge in [-0.1, -0.05) is 19.8 Å². The van der Waals surface area contributed by atoms with Gasteiger partial charge in [0.15, 0.2) is 5.78 Å². The van der Waals surface area contributed by atoms with Crippen molar-refractivity contribution >= 4 is 5.78 Å². The predicted octanol–water partition coefficient (Wildman–Crippen LogP) is 1.92. The molecule has 1 fully saturated rings. The van der Waals surface area contributed by atoms with Crippen molar-refractivity contribution in [3.05, 3.63) is 0 Å². The molecule has 1 heterocycles. The van der Waals surface area contributed by atoms with Crippen LogP contribution >= 0.6 is 0 Å². The molecule has 0 aromatic heterocycles. The summed E-state index contributed by atoms with van der Waals surface area (Å²) in [6.45, 7) is 2.67. The molecular weight excluding hydrogens is 140 g/mol. The van der Waals surface area contributed by atoms with Crippen LogP contribution in [0, 0.1) is 0 Å². The number of Topliss-reactive ketones (excluding diaryl/α,β-unsaturated/α-hetero) is 1. The van der Waals surface area contributed by atoms with Crippen molar-refractivity contribution in [1.82, 2.24) is 0 Å².